The highest BCUT2D eigenvalue weighted by Crippen LogP contribution is 2.24. The third-order valence-corrected chi connectivity index (χ3v) is 4.17. The Kier molecular flexibility index (Phi) is 5.55. The SMILES string of the molecule is Cc1cc(C)c(C#N)c(SCC(=O)Nc2ccccc2C(=O)O)n1. The molecule has 0 aliphatic heterocycles. The molecule has 1 heterocycles. The minimum Gasteiger partial charge on any atom is -0.478 e. The first-order chi connectivity index (χ1) is 11.4. The molecule has 0 aliphatic rings. The molecule has 2 aromatic rings. The molecule has 122 valence electrons. The Hall–Kier alpha value is -2.85. The van der Waals surface area contributed by atoms with E-state index >= 15 is 0 Å². The van der Waals surface area contributed by atoms with Gasteiger partial charge in [-0.1, -0.05) is 23.9 Å². The lowest BCUT2D eigenvalue weighted by atomic mass is 10.1. The van der Waals surface area contributed by atoms with E-state index < -0.39 is 5.97 Å². The summed E-state index contributed by atoms with van der Waals surface area (Å²) < 4.78 is 0. The van der Waals surface area contributed by atoms with Gasteiger partial charge in [-0.05, 0) is 37.6 Å². The number of carboxylic acid groups (broad SMARTS) is 1. The summed E-state index contributed by atoms with van der Waals surface area (Å²) in [5, 5.41) is 21.4. The monoisotopic (exact) mass is 341 g/mol. The van der Waals surface area contributed by atoms with Gasteiger partial charge in [0.2, 0.25) is 5.91 Å². The lowest BCUT2D eigenvalue weighted by Gasteiger charge is -2.09. The zero-order valence-corrected chi connectivity index (χ0v) is 14.0. The molecule has 0 spiro atoms. The van der Waals surface area contributed by atoms with Gasteiger partial charge in [0.1, 0.15) is 11.1 Å². The van der Waals surface area contributed by atoms with Gasteiger partial charge in [-0.3, -0.25) is 4.79 Å². The van der Waals surface area contributed by atoms with Crippen LogP contribution in [0.15, 0.2) is 35.4 Å². The summed E-state index contributed by atoms with van der Waals surface area (Å²) in [5.74, 6) is -1.45. The fourth-order valence-corrected chi connectivity index (χ4v) is 3.04. The second kappa shape index (κ2) is 7.62. The molecule has 0 aliphatic carbocycles. The average molecular weight is 341 g/mol. The third-order valence-electron chi connectivity index (χ3n) is 3.19. The maximum Gasteiger partial charge on any atom is 0.337 e. The van der Waals surface area contributed by atoms with Gasteiger partial charge >= 0.3 is 5.97 Å². The molecule has 0 bridgehead atoms. The molecule has 0 unspecified atom stereocenters. The van der Waals surface area contributed by atoms with Crippen molar-refractivity contribution in [2.45, 2.75) is 18.9 Å². The van der Waals surface area contributed by atoms with Crippen molar-refractivity contribution in [3.8, 4) is 6.07 Å². The Balaban J connectivity index is 2.10. The van der Waals surface area contributed by atoms with Crippen LogP contribution in [0.1, 0.15) is 27.2 Å². The summed E-state index contributed by atoms with van der Waals surface area (Å²) in [5.41, 5.74) is 2.29. The van der Waals surface area contributed by atoms with Crippen LogP contribution in [0.3, 0.4) is 0 Å². The lowest BCUT2D eigenvalue weighted by Crippen LogP contribution is -2.16. The van der Waals surface area contributed by atoms with Crippen LogP contribution < -0.4 is 5.32 Å². The first kappa shape index (κ1) is 17.5. The number of rotatable bonds is 5. The number of anilines is 1. The summed E-state index contributed by atoms with van der Waals surface area (Å²) in [7, 11) is 0. The van der Waals surface area contributed by atoms with E-state index in [0.717, 1.165) is 23.0 Å². The Labute approximate surface area is 143 Å². The summed E-state index contributed by atoms with van der Waals surface area (Å²) in [6.07, 6.45) is 0. The number of carboxylic acids is 1. The number of aromatic nitrogens is 1. The van der Waals surface area contributed by atoms with E-state index in [1.54, 1.807) is 12.1 Å². The Morgan fingerprint density at radius 2 is 2.04 bits per heavy atom. The highest BCUT2D eigenvalue weighted by Gasteiger charge is 2.14. The van der Waals surface area contributed by atoms with E-state index in [4.69, 9.17) is 5.11 Å². The van der Waals surface area contributed by atoms with Crippen LogP contribution in [0, 0.1) is 25.2 Å². The van der Waals surface area contributed by atoms with Gasteiger partial charge in [0.15, 0.2) is 0 Å². The number of aryl methyl sites for hydroxylation is 2. The molecular formula is C17H15N3O3S. The van der Waals surface area contributed by atoms with Gasteiger partial charge in [0.05, 0.1) is 22.6 Å². The Bertz CT molecular complexity index is 843. The van der Waals surface area contributed by atoms with Crippen molar-refractivity contribution in [1.82, 2.24) is 4.98 Å². The molecule has 0 radical (unpaired) electrons. The molecule has 0 fully saturated rings. The van der Waals surface area contributed by atoms with Gasteiger partial charge in [-0.25, -0.2) is 9.78 Å². The van der Waals surface area contributed by atoms with Gasteiger partial charge in [-0.15, -0.1) is 0 Å². The predicted molar refractivity (Wildman–Crippen MR) is 91.2 cm³/mol. The van der Waals surface area contributed by atoms with E-state index in [1.165, 1.54) is 12.1 Å². The van der Waals surface area contributed by atoms with Crippen molar-refractivity contribution in [2.24, 2.45) is 0 Å². The molecule has 7 heteroatoms. The maximum absolute atomic E-state index is 12.1. The van der Waals surface area contributed by atoms with Crippen LogP contribution in [0.2, 0.25) is 0 Å². The van der Waals surface area contributed by atoms with Crippen molar-refractivity contribution in [2.75, 3.05) is 11.1 Å². The number of thioether (sulfide) groups is 1. The number of nitrogens with zero attached hydrogens (tertiary/aromatic N) is 2. The number of amides is 1. The quantitative estimate of drug-likeness (QED) is 0.810. The molecule has 1 amide bonds. The van der Waals surface area contributed by atoms with Gasteiger partial charge in [0.25, 0.3) is 0 Å². The molecule has 2 rings (SSSR count). The smallest absolute Gasteiger partial charge is 0.337 e. The Morgan fingerprint density at radius 3 is 2.71 bits per heavy atom. The zero-order chi connectivity index (χ0) is 17.7. The number of carbonyl (C=O) groups is 2. The highest BCUT2D eigenvalue weighted by atomic mass is 32.2. The van der Waals surface area contributed by atoms with E-state index in [9.17, 15) is 14.9 Å². The summed E-state index contributed by atoms with van der Waals surface area (Å²) >= 11 is 1.15. The summed E-state index contributed by atoms with van der Waals surface area (Å²) in [6.45, 7) is 3.64. The number of nitriles is 1. The summed E-state index contributed by atoms with van der Waals surface area (Å²) in [4.78, 5) is 27.5. The van der Waals surface area contributed by atoms with Crippen molar-refractivity contribution in [3.63, 3.8) is 0 Å². The van der Waals surface area contributed by atoms with Gasteiger partial charge in [-0.2, -0.15) is 5.26 Å². The van der Waals surface area contributed by atoms with Crippen LogP contribution in [-0.4, -0.2) is 27.7 Å². The normalized spacial score (nSPS) is 10.0. The minimum absolute atomic E-state index is 0.0260. The third kappa shape index (κ3) is 4.12. The van der Waals surface area contributed by atoms with Crippen LogP contribution in [0.5, 0.6) is 0 Å². The average Bonchev–Trinajstić information content (AvgIpc) is 2.52. The van der Waals surface area contributed by atoms with Crippen molar-refractivity contribution in [3.05, 3.63) is 52.7 Å². The molecule has 0 atom stereocenters. The summed E-state index contributed by atoms with van der Waals surface area (Å²) in [6, 6.07) is 10.1. The highest BCUT2D eigenvalue weighted by molar-refractivity contribution is 8.00. The van der Waals surface area contributed by atoms with E-state index in [1.807, 2.05) is 19.9 Å². The van der Waals surface area contributed by atoms with Crippen molar-refractivity contribution in [1.29, 1.82) is 5.26 Å². The molecule has 1 aromatic heterocycles. The molecule has 6 nitrogen and oxygen atoms in total. The first-order valence-electron chi connectivity index (χ1n) is 7.05. The molecule has 24 heavy (non-hydrogen) atoms. The molecule has 1 aromatic carbocycles. The van der Waals surface area contributed by atoms with Gasteiger partial charge in [0, 0.05) is 5.69 Å². The standard InChI is InChI=1S/C17H15N3O3S/c1-10-7-11(2)19-16(13(10)8-18)24-9-15(21)20-14-6-4-3-5-12(14)17(22)23/h3-7H,9H2,1-2H3,(H,20,21)(H,22,23). The molecule has 2 N–H and O–H groups in total. The van der Waals surface area contributed by atoms with Crippen LogP contribution in [0.25, 0.3) is 0 Å². The van der Waals surface area contributed by atoms with E-state index in [0.29, 0.717) is 10.6 Å². The van der Waals surface area contributed by atoms with E-state index in [-0.39, 0.29) is 22.9 Å². The number of pyridine rings is 1. The molecule has 0 saturated carbocycles. The van der Waals surface area contributed by atoms with E-state index in [2.05, 4.69) is 16.4 Å². The number of para-hydroxylation sites is 1. The van der Waals surface area contributed by atoms with Gasteiger partial charge < -0.3 is 10.4 Å². The number of nitrogens with one attached hydrogen (secondary N) is 1. The second-order valence-electron chi connectivity index (χ2n) is 5.06. The second-order valence-corrected chi connectivity index (χ2v) is 6.02. The number of hydrogen-bond donors (Lipinski definition) is 2. The minimum atomic E-state index is -1.11. The van der Waals surface area contributed by atoms with Crippen LogP contribution in [0.4, 0.5) is 5.69 Å². The van der Waals surface area contributed by atoms with Crippen molar-refractivity contribution >= 4 is 29.3 Å². The zero-order valence-electron chi connectivity index (χ0n) is 13.2. The maximum atomic E-state index is 12.1. The molecular weight excluding hydrogens is 326 g/mol. The predicted octanol–water partition coefficient (Wildman–Crippen LogP) is 3.00. The fourth-order valence-electron chi connectivity index (χ4n) is 2.14. The van der Waals surface area contributed by atoms with Crippen molar-refractivity contribution < 1.29 is 14.7 Å². The fraction of sp³-hybridized carbons (Fsp3) is 0.176. The number of hydrogen-bond acceptors (Lipinski definition) is 5. The lowest BCUT2D eigenvalue weighted by molar-refractivity contribution is -0.113. The topological polar surface area (TPSA) is 103 Å². The number of carbonyl (C=O) groups excluding carboxylic acids is 1. The largest absolute Gasteiger partial charge is 0.478 e. The molecule has 0 saturated heterocycles. The number of benzene rings is 1. The Morgan fingerprint density at radius 1 is 1.33 bits per heavy atom. The van der Waals surface area contributed by atoms with Crippen LogP contribution >= 0.6 is 11.8 Å². The number of aromatic carboxylic acids is 1. The van der Waals surface area contributed by atoms with Crippen LogP contribution in [-0.2, 0) is 4.79 Å². The first-order valence-corrected chi connectivity index (χ1v) is 8.04.